The highest BCUT2D eigenvalue weighted by Gasteiger charge is 2.43. The molecule has 3 aliphatic rings. The fourth-order valence-electron chi connectivity index (χ4n) is 4.42. The topological polar surface area (TPSA) is 83.2 Å². The van der Waals surface area contributed by atoms with Crippen LogP contribution in [0.15, 0.2) is 52.7 Å². The highest BCUT2D eigenvalue weighted by Crippen LogP contribution is 2.33. The average molecular weight is 408 g/mol. The first-order chi connectivity index (χ1) is 14.5. The number of aromatic nitrogens is 2. The largest absolute Gasteiger partial charge is 0.340 e. The van der Waals surface area contributed by atoms with E-state index in [2.05, 4.69) is 15.1 Å². The van der Waals surface area contributed by atoms with E-state index in [0.717, 1.165) is 5.69 Å². The van der Waals surface area contributed by atoms with Crippen LogP contribution in [0.25, 0.3) is 5.69 Å². The third-order valence-corrected chi connectivity index (χ3v) is 5.99. The molecule has 0 spiro atoms. The van der Waals surface area contributed by atoms with E-state index in [4.69, 9.17) is 0 Å². The molecule has 0 saturated carbocycles. The standard InChI is InChI=1S/C21H21FN6O2/c1-13-18(22)19(29)25-21(24-13)27-11-15-9-26(10-16(15)12-27)20(30)14-4-2-5-17(8-14)28-7-3-6-23-28/h2-8,15-16,18H,9-12H2,1H3. The second-order valence-electron chi connectivity index (χ2n) is 8.00. The van der Waals surface area contributed by atoms with Gasteiger partial charge in [-0.1, -0.05) is 6.07 Å². The van der Waals surface area contributed by atoms with Crippen LogP contribution in [-0.4, -0.2) is 75.4 Å². The van der Waals surface area contributed by atoms with E-state index in [-0.39, 0.29) is 23.5 Å². The molecule has 2 aromatic rings. The van der Waals surface area contributed by atoms with Gasteiger partial charge in [-0.2, -0.15) is 10.1 Å². The first-order valence-corrected chi connectivity index (χ1v) is 9.95. The Hall–Kier alpha value is -3.36. The van der Waals surface area contributed by atoms with Crippen LogP contribution in [0, 0.1) is 11.8 Å². The zero-order chi connectivity index (χ0) is 20.8. The Balaban J connectivity index is 1.26. The van der Waals surface area contributed by atoms with Crippen molar-refractivity contribution in [2.75, 3.05) is 26.2 Å². The average Bonchev–Trinajstić information content (AvgIpc) is 3.47. The predicted molar refractivity (Wildman–Crippen MR) is 108 cm³/mol. The van der Waals surface area contributed by atoms with Crippen molar-refractivity contribution in [2.24, 2.45) is 21.8 Å². The highest BCUT2D eigenvalue weighted by molar-refractivity contribution is 6.16. The second kappa shape index (κ2) is 7.16. The number of likely N-dealkylation sites (tertiary alicyclic amines) is 2. The molecule has 4 heterocycles. The number of carbonyl (C=O) groups is 2. The molecule has 2 fully saturated rings. The van der Waals surface area contributed by atoms with Gasteiger partial charge in [-0.15, -0.1) is 0 Å². The number of nitrogens with zero attached hydrogens (tertiary/aromatic N) is 6. The summed E-state index contributed by atoms with van der Waals surface area (Å²) in [4.78, 5) is 36.6. The molecule has 1 aromatic carbocycles. The van der Waals surface area contributed by atoms with E-state index in [1.165, 1.54) is 6.92 Å². The molecular weight excluding hydrogens is 387 g/mol. The highest BCUT2D eigenvalue weighted by atomic mass is 19.1. The first-order valence-electron chi connectivity index (χ1n) is 9.95. The summed E-state index contributed by atoms with van der Waals surface area (Å²) in [7, 11) is 0. The van der Waals surface area contributed by atoms with Gasteiger partial charge in [0, 0.05) is 56.0 Å². The lowest BCUT2D eigenvalue weighted by Gasteiger charge is -2.24. The molecule has 3 atom stereocenters. The number of hydrogen-bond acceptors (Lipinski definition) is 5. The van der Waals surface area contributed by atoms with E-state index in [1.807, 2.05) is 46.3 Å². The molecule has 0 radical (unpaired) electrons. The Labute approximate surface area is 172 Å². The number of fused-ring (bicyclic) bond motifs is 1. The summed E-state index contributed by atoms with van der Waals surface area (Å²) in [5.74, 6) is 0.0672. The van der Waals surface area contributed by atoms with Crippen molar-refractivity contribution >= 4 is 23.5 Å². The molecule has 3 aliphatic heterocycles. The molecule has 2 saturated heterocycles. The summed E-state index contributed by atoms with van der Waals surface area (Å²) < 4.78 is 15.4. The zero-order valence-electron chi connectivity index (χ0n) is 16.5. The number of guanidine groups is 1. The van der Waals surface area contributed by atoms with Gasteiger partial charge in [-0.05, 0) is 31.2 Å². The van der Waals surface area contributed by atoms with Crippen molar-refractivity contribution in [3.8, 4) is 5.69 Å². The Morgan fingerprint density at radius 2 is 1.87 bits per heavy atom. The number of alkyl halides is 1. The quantitative estimate of drug-likeness (QED) is 0.755. The Morgan fingerprint density at radius 1 is 1.10 bits per heavy atom. The van der Waals surface area contributed by atoms with Crippen molar-refractivity contribution in [1.82, 2.24) is 19.6 Å². The SMILES string of the molecule is CC1=NC(N2CC3CN(C(=O)c4cccc(-n5cccn5)c4)CC3C2)=NC(=O)C1F. The van der Waals surface area contributed by atoms with Crippen molar-refractivity contribution in [3.63, 3.8) is 0 Å². The van der Waals surface area contributed by atoms with E-state index >= 15 is 0 Å². The fraction of sp³-hybridized carbons (Fsp3) is 0.381. The smallest absolute Gasteiger partial charge is 0.289 e. The number of halogens is 1. The van der Waals surface area contributed by atoms with E-state index in [0.29, 0.717) is 37.7 Å². The lowest BCUT2D eigenvalue weighted by Crippen LogP contribution is -2.38. The number of carbonyl (C=O) groups excluding carboxylic acids is 2. The van der Waals surface area contributed by atoms with Crippen molar-refractivity contribution in [3.05, 3.63) is 48.3 Å². The monoisotopic (exact) mass is 408 g/mol. The number of aliphatic imine (C=N–C) groups is 2. The maximum atomic E-state index is 13.6. The summed E-state index contributed by atoms with van der Waals surface area (Å²) in [6.45, 7) is 4.10. The van der Waals surface area contributed by atoms with Crippen LogP contribution in [0.1, 0.15) is 17.3 Å². The van der Waals surface area contributed by atoms with E-state index < -0.39 is 12.1 Å². The van der Waals surface area contributed by atoms with Gasteiger partial charge in [0.25, 0.3) is 11.8 Å². The number of hydrogen-bond donors (Lipinski definition) is 0. The molecule has 1 aromatic heterocycles. The first kappa shape index (κ1) is 18.7. The van der Waals surface area contributed by atoms with Crippen molar-refractivity contribution in [1.29, 1.82) is 0 Å². The number of rotatable bonds is 2. The summed E-state index contributed by atoms with van der Waals surface area (Å²) in [5, 5.41) is 4.22. The minimum Gasteiger partial charge on any atom is -0.340 e. The van der Waals surface area contributed by atoms with Gasteiger partial charge in [-0.3, -0.25) is 9.59 Å². The molecule has 5 rings (SSSR count). The van der Waals surface area contributed by atoms with Crippen molar-refractivity contribution in [2.45, 2.75) is 13.1 Å². The lowest BCUT2D eigenvalue weighted by molar-refractivity contribution is -0.120. The minimum atomic E-state index is -1.73. The van der Waals surface area contributed by atoms with Crippen LogP contribution in [0.4, 0.5) is 4.39 Å². The molecule has 30 heavy (non-hydrogen) atoms. The Bertz CT molecular complexity index is 1050. The van der Waals surface area contributed by atoms with Crippen LogP contribution < -0.4 is 0 Å². The summed E-state index contributed by atoms with van der Waals surface area (Å²) in [6.07, 6.45) is 1.80. The molecule has 3 unspecified atom stereocenters. The summed E-state index contributed by atoms with van der Waals surface area (Å²) >= 11 is 0. The van der Waals surface area contributed by atoms with E-state index in [9.17, 15) is 14.0 Å². The second-order valence-corrected chi connectivity index (χ2v) is 8.00. The van der Waals surface area contributed by atoms with Gasteiger partial charge in [0.2, 0.25) is 12.1 Å². The Kier molecular flexibility index (Phi) is 4.45. The number of benzene rings is 1. The number of amides is 2. The lowest BCUT2D eigenvalue weighted by atomic mass is 10.0. The van der Waals surface area contributed by atoms with Crippen LogP contribution in [0.3, 0.4) is 0 Å². The van der Waals surface area contributed by atoms with Crippen LogP contribution >= 0.6 is 0 Å². The third kappa shape index (κ3) is 3.20. The molecule has 0 aliphatic carbocycles. The van der Waals surface area contributed by atoms with Gasteiger partial charge in [0.1, 0.15) is 0 Å². The van der Waals surface area contributed by atoms with Crippen LogP contribution in [-0.2, 0) is 4.79 Å². The molecule has 0 bridgehead atoms. The molecule has 0 N–H and O–H groups in total. The summed E-state index contributed by atoms with van der Waals surface area (Å²) in [5.41, 5.74) is 1.63. The molecule has 8 nitrogen and oxygen atoms in total. The molecule has 9 heteroatoms. The third-order valence-electron chi connectivity index (χ3n) is 5.99. The van der Waals surface area contributed by atoms with E-state index in [1.54, 1.807) is 10.9 Å². The normalized spacial score (nSPS) is 25.9. The van der Waals surface area contributed by atoms with Gasteiger partial charge in [0.05, 0.1) is 11.4 Å². The summed E-state index contributed by atoms with van der Waals surface area (Å²) in [6, 6.07) is 9.29. The zero-order valence-corrected chi connectivity index (χ0v) is 16.5. The van der Waals surface area contributed by atoms with Gasteiger partial charge in [-0.25, -0.2) is 14.1 Å². The fourth-order valence-corrected chi connectivity index (χ4v) is 4.42. The van der Waals surface area contributed by atoms with Gasteiger partial charge < -0.3 is 9.80 Å². The van der Waals surface area contributed by atoms with Crippen LogP contribution in [0.2, 0.25) is 0 Å². The van der Waals surface area contributed by atoms with Gasteiger partial charge in [0.15, 0.2) is 0 Å². The minimum absolute atomic E-state index is 0.00396. The molecule has 154 valence electrons. The maximum Gasteiger partial charge on any atom is 0.289 e. The predicted octanol–water partition coefficient (Wildman–Crippen LogP) is 1.57. The Morgan fingerprint density at radius 3 is 2.53 bits per heavy atom. The molecular formula is C21H21FN6O2. The molecule has 2 amide bonds. The van der Waals surface area contributed by atoms with Crippen LogP contribution in [0.5, 0.6) is 0 Å². The van der Waals surface area contributed by atoms with Crippen molar-refractivity contribution < 1.29 is 14.0 Å². The van der Waals surface area contributed by atoms with Gasteiger partial charge >= 0.3 is 0 Å². The maximum absolute atomic E-state index is 13.6.